The van der Waals surface area contributed by atoms with Gasteiger partial charge in [-0.3, -0.25) is 0 Å². The number of halogens is 1. The van der Waals surface area contributed by atoms with Gasteiger partial charge in [0.05, 0.1) is 0 Å². The van der Waals surface area contributed by atoms with Crippen LogP contribution < -0.4 is 5.43 Å². The SMILES string of the molecule is CC1OC(=O)NN=C1c1ccc(F)cc1. The number of cyclic esters (lactones) is 1. The summed E-state index contributed by atoms with van der Waals surface area (Å²) in [4.78, 5) is 10.8. The first-order valence-electron chi connectivity index (χ1n) is 4.47. The van der Waals surface area contributed by atoms with Crippen LogP contribution in [0.15, 0.2) is 29.4 Å². The first-order chi connectivity index (χ1) is 7.16. The molecule has 0 saturated carbocycles. The predicted molar refractivity (Wildman–Crippen MR) is 52.0 cm³/mol. The Bertz CT molecular complexity index is 414. The number of carbonyl (C=O) groups excluding carboxylic acids is 1. The third kappa shape index (κ3) is 1.96. The molecular weight excluding hydrogens is 199 g/mol. The minimum Gasteiger partial charge on any atom is -0.439 e. The fourth-order valence-corrected chi connectivity index (χ4v) is 1.36. The van der Waals surface area contributed by atoms with Crippen molar-refractivity contribution in [2.24, 2.45) is 5.10 Å². The lowest BCUT2D eigenvalue weighted by Crippen LogP contribution is -2.37. The molecule has 1 atom stereocenters. The Morgan fingerprint density at radius 1 is 1.40 bits per heavy atom. The Morgan fingerprint density at radius 2 is 2.07 bits per heavy atom. The number of ether oxygens (including phenoxy) is 1. The number of nitrogens with one attached hydrogen (secondary N) is 1. The van der Waals surface area contributed by atoms with Crippen LogP contribution >= 0.6 is 0 Å². The van der Waals surface area contributed by atoms with Crippen LogP contribution in [-0.4, -0.2) is 17.9 Å². The van der Waals surface area contributed by atoms with Crippen molar-refractivity contribution < 1.29 is 13.9 Å². The van der Waals surface area contributed by atoms with Gasteiger partial charge in [0, 0.05) is 5.56 Å². The number of nitrogens with zero attached hydrogens (tertiary/aromatic N) is 1. The number of amides is 1. The van der Waals surface area contributed by atoms with Gasteiger partial charge in [0.1, 0.15) is 17.6 Å². The van der Waals surface area contributed by atoms with E-state index in [-0.39, 0.29) is 5.82 Å². The van der Waals surface area contributed by atoms with E-state index in [0.717, 1.165) is 5.56 Å². The molecule has 0 saturated heterocycles. The van der Waals surface area contributed by atoms with Crippen molar-refractivity contribution in [3.8, 4) is 0 Å². The zero-order valence-electron chi connectivity index (χ0n) is 8.03. The molecular formula is C10H9FN2O2. The number of hydrogen-bond donors (Lipinski definition) is 1. The van der Waals surface area contributed by atoms with Crippen molar-refractivity contribution >= 4 is 11.8 Å². The summed E-state index contributed by atoms with van der Waals surface area (Å²) in [6.07, 6.45) is -1.00. The molecule has 1 aliphatic heterocycles. The highest BCUT2D eigenvalue weighted by atomic mass is 19.1. The molecule has 4 nitrogen and oxygen atoms in total. The van der Waals surface area contributed by atoms with E-state index in [0.29, 0.717) is 5.71 Å². The summed E-state index contributed by atoms with van der Waals surface area (Å²) in [6.45, 7) is 1.71. The van der Waals surface area contributed by atoms with Gasteiger partial charge in [-0.15, -0.1) is 0 Å². The maximum Gasteiger partial charge on any atom is 0.428 e. The highest BCUT2D eigenvalue weighted by Gasteiger charge is 2.22. The van der Waals surface area contributed by atoms with E-state index in [1.165, 1.54) is 12.1 Å². The van der Waals surface area contributed by atoms with Crippen molar-refractivity contribution in [2.75, 3.05) is 0 Å². The zero-order chi connectivity index (χ0) is 10.8. The first-order valence-corrected chi connectivity index (χ1v) is 4.47. The van der Waals surface area contributed by atoms with E-state index in [1.807, 2.05) is 0 Å². The van der Waals surface area contributed by atoms with Gasteiger partial charge in [0.25, 0.3) is 0 Å². The van der Waals surface area contributed by atoms with Gasteiger partial charge < -0.3 is 4.74 Å². The van der Waals surface area contributed by atoms with Gasteiger partial charge in [-0.25, -0.2) is 14.6 Å². The molecule has 0 bridgehead atoms. The highest BCUT2D eigenvalue weighted by molar-refractivity contribution is 6.05. The molecule has 2 rings (SSSR count). The van der Waals surface area contributed by atoms with Crippen molar-refractivity contribution in [1.82, 2.24) is 5.43 Å². The van der Waals surface area contributed by atoms with E-state index in [1.54, 1.807) is 19.1 Å². The molecule has 1 heterocycles. The number of rotatable bonds is 1. The maximum absolute atomic E-state index is 12.7. The molecule has 0 aromatic heterocycles. The van der Waals surface area contributed by atoms with Gasteiger partial charge >= 0.3 is 6.09 Å². The maximum atomic E-state index is 12.7. The summed E-state index contributed by atoms with van der Waals surface area (Å²) >= 11 is 0. The highest BCUT2D eigenvalue weighted by Crippen LogP contribution is 2.11. The number of hydrogen-bond acceptors (Lipinski definition) is 3. The first kappa shape index (κ1) is 9.64. The molecule has 1 N–H and O–H groups in total. The third-order valence-corrected chi connectivity index (χ3v) is 2.08. The molecule has 15 heavy (non-hydrogen) atoms. The minimum atomic E-state index is -0.576. The normalized spacial score (nSPS) is 20.3. The quantitative estimate of drug-likeness (QED) is 0.763. The minimum absolute atomic E-state index is 0.312. The van der Waals surface area contributed by atoms with Crippen LogP contribution in [0, 0.1) is 5.82 Å². The van der Waals surface area contributed by atoms with Gasteiger partial charge in [-0.2, -0.15) is 5.10 Å². The average Bonchev–Trinajstić information content (AvgIpc) is 2.20. The predicted octanol–water partition coefficient (Wildman–Crippen LogP) is 1.66. The largest absolute Gasteiger partial charge is 0.439 e. The Kier molecular flexibility index (Phi) is 2.37. The molecule has 0 fully saturated rings. The van der Waals surface area contributed by atoms with Crippen molar-refractivity contribution in [1.29, 1.82) is 0 Å². The van der Waals surface area contributed by atoms with Crippen molar-refractivity contribution in [3.05, 3.63) is 35.6 Å². The van der Waals surface area contributed by atoms with Crippen LogP contribution in [0.25, 0.3) is 0 Å². The van der Waals surface area contributed by atoms with Gasteiger partial charge in [0.2, 0.25) is 0 Å². The number of hydrazone groups is 1. The van der Waals surface area contributed by atoms with Crippen LogP contribution in [0.5, 0.6) is 0 Å². The zero-order valence-corrected chi connectivity index (χ0v) is 8.03. The summed E-state index contributed by atoms with van der Waals surface area (Å²) < 4.78 is 17.6. The molecule has 1 unspecified atom stereocenters. The Hall–Kier alpha value is -1.91. The molecule has 0 spiro atoms. The standard InChI is InChI=1S/C10H9FN2O2/c1-6-9(12-13-10(14)15-6)7-2-4-8(11)5-3-7/h2-6H,1H3,(H,13,14). The third-order valence-electron chi connectivity index (χ3n) is 2.08. The second-order valence-electron chi connectivity index (χ2n) is 3.16. The number of carbonyl (C=O) groups is 1. The molecule has 78 valence electrons. The molecule has 1 amide bonds. The van der Waals surface area contributed by atoms with E-state index in [4.69, 9.17) is 4.74 Å². The van der Waals surface area contributed by atoms with E-state index in [2.05, 4.69) is 10.5 Å². The smallest absolute Gasteiger partial charge is 0.428 e. The summed E-state index contributed by atoms with van der Waals surface area (Å²) in [5, 5.41) is 3.86. The molecule has 5 heteroatoms. The van der Waals surface area contributed by atoms with Crippen LogP contribution in [0.1, 0.15) is 12.5 Å². The Labute approximate surface area is 85.7 Å². The topological polar surface area (TPSA) is 50.7 Å². The lowest BCUT2D eigenvalue weighted by atomic mass is 10.1. The van der Waals surface area contributed by atoms with Crippen LogP contribution in [-0.2, 0) is 4.74 Å². The van der Waals surface area contributed by atoms with Crippen LogP contribution in [0.4, 0.5) is 9.18 Å². The second kappa shape index (κ2) is 3.68. The van der Waals surface area contributed by atoms with Gasteiger partial charge in [-0.1, -0.05) is 12.1 Å². The molecule has 0 aliphatic carbocycles. The van der Waals surface area contributed by atoms with Crippen molar-refractivity contribution in [3.63, 3.8) is 0 Å². The van der Waals surface area contributed by atoms with Crippen LogP contribution in [0.2, 0.25) is 0 Å². The molecule has 1 aromatic rings. The van der Waals surface area contributed by atoms with Crippen LogP contribution in [0.3, 0.4) is 0 Å². The summed E-state index contributed by atoms with van der Waals surface area (Å²) in [5.41, 5.74) is 3.51. The van der Waals surface area contributed by atoms with Gasteiger partial charge in [-0.05, 0) is 19.1 Å². The molecule has 0 radical (unpaired) electrons. The fraction of sp³-hybridized carbons (Fsp3) is 0.200. The van der Waals surface area contributed by atoms with Crippen molar-refractivity contribution in [2.45, 2.75) is 13.0 Å². The van der Waals surface area contributed by atoms with Gasteiger partial charge in [0.15, 0.2) is 0 Å². The summed E-state index contributed by atoms with van der Waals surface area (Å²) in [5.74, 6) is -0.312. The average molecular weight is 208 g/mol. The molecule has 1 aromatic carbocycles. The Balaban J connectivity index is 2.31. The lowest BCUT2D eigenvalue weighted by Gasteiger charge is -2.20. The van der Waals surface area contributed by atoms with E-state index >= 15 is 0 Å². The van der Waals surface area contributed by atoms with E-state index < -0.39 is 12.2 Å². The lowest BCUT2D eigenvalue weighted by molar-refractivity contribution is 0.127. The summed E-state index contributed by atoms with van der Waals surface area (Å²) in [6, 6.07) is 5.85. The fourth-order valence-electron chi connectivity index (χ4n) is 1.36. The van der Waals surface area contributed by atoms with E-state index in [9.17, 15) is 9.18 Å². The molecule has 1 aliphatic rings. The second-order valence-corrected chi connectivity index (χ2v) is 3.16. The summed E-state index contributed by atoms with van der Waals surface area (Å²) in [7, 11) is 0. The monoisotopic (exact) mass is 208 g/mol. The number of benzene rings is 1. The Morgan fingerprint density at radius 3 is 2.67 bits per heavy atom.